The highest BCUT2D eigenvalue weighted by Crippen LogP contribution is 2.43. The van der Waals surface area contributed by atoms with Crippen LogP contribution in [0.5, 0.6) is 17.2 Å². The van der Waals surface area contributed by atoms with Gasteiger partial charge in [-0.1, -0.05) is 0 Å². The summed E-state index contributed by atoms with van der Waals surface area (Å²) in [6, 6.07) is 7.72. The number of rotatable bonds is 8. The van der Waals surface area contributed by atoms with Gasteiger partial charge in [-0.25, -0.2) is 0 Å². The Balaban J connectivity index is 2.25. The van der Waals surface area contributed by atoms with Gasteiger partial charge in [0.05, 0.1) is 27.1 Å². The van der Waals surface area contributed by atoms with Crippen molar-refractivity contribution >= 4 is 22.4 Å². The fourth-order valence-corrected chi connectivity index (χ4v) is 3.77. The van der Waals surface area contributed by atoms with E-state index in [1.165, 1.54) is 0 Å². The quantitative estimate of drug-likeness (QED) is 0.454. The summed E-state index contributed by atoms with van der Waals surface area (Å²) in [5.74, 6) is 2.01. The second-order valence-electron chi connectivity index (χ2n) is 7.89. The van der Waals surface area contributed by atoms with Crippen LogP contribution >= 0.6 is 0 Å². The van der Waals surface area contributed by atoms with Gasteiger partial charge in [-0.15, -0.1) is 0 Å². The number of carbonyl (C=O) groups excluding carboxylic acids is 1. The zero-order valence-electron chi connectivity index (χ0n) is 19.8. The molecule has 6 heteroatoms. The molecule has 0 aliphatic carbocycles. The lowest BCUT2D eigenvalue weighted by Crippen LogP contribution is -2.28. The average Bonchev–Trinajstić information content (AvgIpc) is 3.18. The number of aryl methyl sites for hydroxylation is 1. The zero-order valence-corrected chi connectivity index (χ0v) is 19.8. The van der Waals surface area contributed by atoms with Crippen molar-refractivity contribution in [2.75, 3.05) is 20.8 Å². The largest absolute Gasteiger partial charge is 0.497 e. The molecule has 2 aromatic carbocycles. The zero-order chi connectivity index (χ0) is 23.4. The Labute approximate surface area is 189 Å². The maximum absolute atomic E-state index is 12.4. The van der Waals surface area contributed by atoms with Crippen LogP contribution in [-0.4, -0.2) is 32.8 Å². The van der Waals surface area contributed by atoms with E-state index in [2.05, 4.69) is 5.32 Å². The summed E-state index contributed by atoms with van der Waals surface area (Å²) in [5, 5.41) is 3.81. The third kappa shape index (κ3) is 4.59. The highest BCUT2D eigenvalue weighted by Gasteiger charge is 2.21. The molecular formula is C26H31NO5. The highest BCUT2D eigenvalue weighted by molar-refractivity contribution is 6.02. The van der Waals surface area contributed by atoms with E-state index in [0.29, 0.717) is 18.1 Å². The molecule has 3 rings (SSSR count). The van der Waals surface area contributed by atoms with Crippen molar-refractivity contribution in [3.63, 3.8) is 0 Å². The maximum Gasteiger partial charge on any atom is 0.244 e. The number of hydrogen-bond donors (Lipinski definition) is 1. The van der Waals surface area contributed by atoms with E-state index in [-0.39, 0.29) is 11.9 Å². The molecular weight excluding hydrogens is 406 g/mol. The summed E-state index contributed by atoms with van der Waals surface area (Å²) in [7, 11) is 3.27. The van der Waals surface area contributed by atoms with Crippen molar-refractivity contribution in [1.29, 1.82) is 0 Å². The molecule has 0 spiro atoms. The van der Waals surface area contributed by atoms with E-state index in [0.717, 1.165) is 44.5 Å². The molecule has 0 aliphatic heterocycles. The van der Waals surface area contributed by atoms with Gasteiger partial charge >= 0.3 is 0 Å². The molecule has 32 heavy (non-hydrogen) atoms. The van der Waals surface area contributed by atoms with Gasteiger partial charge in [0.25, 0.3) is 0 Å². The average molecular weight is 438 g/mol. The maximum atomic E-state index is 12.4. The number of fused-ring (bicyclic) bond motifs is 1. The number of ether oxygens (including phenoxy) is 3. The monoisotopic (exact) mass is 437 g/mol. The molecule has 3 aromatic rings. The second kappa shape index (κ2) is 9.81. The van der Waals surface area contributed by atoms with Crippen molar-refractivity contribution in [1.82, 2.24) is 5.32 Å². The molecule has 0 bridgehead atoms. The predicted octanol–water partition coefficient (Wildman–Crippen LogP) is 5.75. The minimum atomic E-state index is -0.139. The van der Waals surface area contributed by atoms with Crippen LogP contribution in [0.3, 0.4) is 0 Å². The summed E-state index contributed by atoms with van der Waals surface area (Å²) in [5.41, 5.74) is 5.00. The molecule has 0 saturated heterocycles. The van der Waals surface area contributed by atoms with Gasteiger partial charge in [0.15, 0.2) is 0 Å². The number of nitrogens with one attached hydrogen (secondary N) is 1. The smallest absolute Gasteiger partial charge is 0.244 e. The molecule has 0 atom stereocenters. The van der Waals surface area contributed by atoms with Gasteiger partial charge in [0.1, 0.15) is 22.8 Å². The fraction of sp³-hybridized carbons (Fsp3) is 0.346. The van der Waals surface area contributed by atoms with Crippen molar-refractivity contribution in [2.45, 2.75) is 40.7 Å². The van der Waals surface area contributed by atoms with Crippen molar-refractivity contribution in [3.05, 3.63) is 47.7 Å². The first-order valence-electron chi connectivity index (χ1n) is 10.7. The van der Waals surface area contributed by atoms with Crippen molar-refractivity contribution < 1.29 is 23.4 Å². The minimum absolute atomic E-state index is 0.0585. The second-order valence-corrected chi connectivity index (χ2v) is 7.89. The Morgan fingerprint density at radius 1 is 1.16 bits per heavy atom. The predicted molar refractivity (Wildman–Crippen MR) is 128 cm³/mol. The summed E-state index contributed by atoms with van der Waals surface area (Å²) in [6.45, 7) is 10.2. The first-order valence-corrected chi connectivity index (χ1v) is 10.7. The third-order valence-electron chi connectivity index (χ3n) is 5.23. The molecule has 0 saturated carbocycles. The van der Waals surface area contributed by atoms with Crippen LogP contribution in [0.2, 0.25) is 0 Å². The van der Waals surface area contributed by atoms with Gasteiger partial charge < -0.3 is 23.9 Å². The number of benzene rings is 2. The number of amides is 1. The number of methoxy groups -OCH3 is 2. The molecule has 0 fully saturated rings. The molecule has 1 heterocycles. The number of furan rings is 1. The fourth-order valence-electron chi connectivity index (χ4n) is 3.77. The van der Waals surface area contributed by atoms with Crippen molar-refractivity contribution in [2.24, 2.45) is 0 Å². The first kappa shape index (κ1) is 23.3. The molecule has 170 valence electrons. The molecule has 0 unspecified atom stereocenters. The molecule has 0 aliphatic rings. The Morgan fingerprint density at radius 2 is 1.91 bits per heavy atom. The van der Waals surface area contributed by atoms with E-state index in [4.69, 9.17) is 18.6 Å². The van der Waals surface area contributed by atoms with Crippen LogP contribution < -0.4 is 19.5 Å². The third-order valence-corrected chi connectivity index (χ3v) is 5.23. The van der Waals surface area contributed by atoms with E-state index >= 15 is 0 Å². The van der Waals surface area contributed by atoms with E-state index in [1.807, 2.05) is 58.9 Å². The lowest BCUT2D eigenvalue weighted by atomic mass is 9.96. The summed E-state index contributed by atoms with van der Waals surface area (Å²) in [4.78, 5) is 12.4. The van der Waals surface area contributed by atoms with Crippen molar-refractivity contribution in [3.8, 4) is 28.4 Å². The van der Waals surface area contributed by atoms with E-state index in [9.17, 15) is 4.79 Å². The van der Waals surface area contributed by atoms with Gasteiger partial charge in [-0.2, -0.15) is 0 Å². The molecule has 1 aromatic heterocycles. The normalized spacial score (nSPS) is 11.7. The highest BCUT2D eigenvalue weighted by atomic mass is 16.5. The topological polar surface area (TPSA) is 69.9 Å². The van der Waals surface area contributed by atoms with E-state index in [1.54, 1.807) is 26.6 Å². The van der Waals surface area contributed by atoms with Gasteiger partial charge in [-0.3, -0.25) is 4.79 Å². The van der Waals surface area contributed by atoms with Gasteiger partial charge in [0, 0.05) is 39.8 Å². The van der Waals surface area contributed by atoms with Crippen LogP contribution in [-0.2, 0) is 4.79 Å². The Morgan fingerprint density at radius 3 is 2.53 bits per heavy atom. The van der Waals surface area contributed by atoms with Crippen LogP contribution in [0.15, 0.2) is 41.0 Å². The molecule has 0 radical (unpaired) electrons. The number of hydrogen-bond acceptors (Lipinski definition) is 5. The number of allylic oxidation sites excluding steroid dienone is 1. The lowest BCUT2D eigenvalue weighted by molar-refractivity contribution is -0.116. The summed E-state index contributed by atoms with van der Waals surface area (Å²) in [6.07, 6.45) is 3.33. The van der Waals surface area contributed by atoms with Crippen LogP contribution in [0.1, 0.15) is 38.8 Å². The Kier molecular flexibility index (Phi) is 7.13. The van der Waals surface area contributed by atoms with Gasteiger partial charge in [0.2, 0.25) is 5.91 Å². The molecule has 1 N–H and O–H groups in total. The standard InChI is InChI=1S/C26H31NO5/c1-8-31-25-17(5)26-21(13-19(25)16(4)11-24(28)27-15(2)3)22(14-32-26)20-12-18(29-6)9-10-23(20)30-7/h9-15H,8H2,1-7H3,(H,27,28)/b16-11+. The Hall–Kier alpha value is -3.41. The molecule has 1 amide bonds. The summed E-state index contributed by atoms with van der Waals surface area (Å²) < 4.78 is 23.0. The number of carbonyl (C=O) groups is 1. The molecule has 6 nitrogen and oxygen atoms in total. The SMILES string of the molecule is CCOc1c(/C(C)=C/C(=O)NC(C)C)cc2c(-c3cc(OC)ccc3OC)coc2c1C. The van der Waals surface area contributed by atoms with Crippen LogP contribution in [0, 0.1) is 6.92 Å². The van der Waals surface area contributed by atoms with Gasteiger partial charge in [-0.05, 0) is 64.5 Å². The van der Waals surface area contributed by atoms with Crippen LogP contribution in [0.4, 0.5) is 0 Å². The minimum Gasteiger partial charge on any atom is -0.497 e. The summed E-state index contributed by atoms with van der Waals surface area (Å²) >= 11 is 0. The lowest BCUT2D eigenvalue weighted by Gasteiger charge is -2.15. The first-order chi connectivity index (χ1) is 15.3. The Bertz CT molecular complexity index is 1160. The van der Waals surface area contributed by atoms with Crippen LogP contribution in [0.25, 0.3) is 27.7 Å². The van der Waals surface area contributed by atoms with E-state index < -0.39 is 0 Å².